The van der Waals surface area contributed by atoms with Crippen LogP contribution in [0, 0.1) is 0 Å². The van der Waals surface area contributed by atoms with Crippen LogP contribution in [0.4, 0.5) is 0 Å². The van der Waals surface area contributed by atoms with Crippen molar-refractivity contribution in [3.8, 4) is 0 Å². The molecular weight excluding hydrogens is 726 g/mol. The molecule has 2 heterocycles. The number of aliphatic imine (C=N–C) groups is 4. The summed E-state index contributed by atoms with van der Waals surface area (Å²) in [4.78, 5) is 23.4. The summed E-state index contributed by atoms with van der Waals surface area (Å²) >= 11 is 24.4. The predicted octanol–water partition coefficient (Wildman–Crippen LogP) is 7.48. The van der Waals surface area contributed by atoms with E-state index in [4.69, 9.17) is 67.9 Å². The number of likely N-dealkylation sites (tertiary alicyclic amines) is 2. The highest BCUT2D eigenvalue weighted by Crippen LogP contribution is 2.24. The first-order valence-electron chi connectivity index (χ1n) is 16.9. The maximum absolute atomic E-state index is 6.27. The molecule has 0 aromatic heterocycles. The Kier molecular flexibility index (Phi) is 18.5. The topological polar surface area (TPSA) is 132 Å². The number of piperidine rings is 2. The van der Waals surface area contributed by atoms with Crippen molar-refractivity contribution in [2.45, 2.75) is 77.3 Å². The molecule has 4 rings (SSSR count). The number of nitrogens with zero attached hydrogens (tertiary/aromatic N) is 6. The molecule has 10 nitrogen and oxygen atoms in total. The lowest BCUT2D eigenvalue weighted by atomic mass is 10.1. The van der Waals surface area contributed by atoms with Gasteiger partial charge in [0.15, 0.2) is 11.9 Å². The van der Waals surface area contributed by atoms with Crippen LogP contribution in [0.5, 0.6) is 0 Å². The van der Waals surface area contributed by atoms with Crippen molar-refractivity contribution in [2.75, 3.05) is 39.3 Å². The molecule has 0 spiro atoms. The SMILES string of the molecule is Cl.NC(=NCc1ccc(Cl)c(Cl)c1)NC(=NCCCCCCN=C(NC(N)=NCc1ccc(Cl)c(Cl)c1)N1CCCCC1)N1CCCCC1. The van der Waals surface area contributed by atoms with Crippen LogP contribution in [-0.2, 0) is 13.1 Å². The number of rotatable bonds is 11. The summed E-state index contributed by atoms with van der Waals surface area (Å²) < 4.78 is 0. The zero-order valence-electron chi connectivity index (χ0n) is 28.0. The van der Waals surface area contributed by atoms with Gasteiger partial charge in [-0.15, -0.1) is 12.4 Å². The standard InChI is InChI=1S/C34H48Cl4N10.ClH/c35-27-13-11-25(21-29(27)37)23-43-31(39)45-33(47-17-7-3-8-18-47)41-15-5-1-2-6-16-42-34(48-19-9-4-10-20-48)46-32(40)44-24-26-12-14-28(36)30(38)22-26;/h11-14,21-22H,1-10,15-20,23-24H2,(H3,39,41,43,45)(H3,40,42,44,46);1H. The van der Waals surface area contributed by atoms with E-state index in [1.807, 2.05) is 24.3 Å². The zero-order chi connectivity index (χ0) is 34.1. The molecule has 0 bridgehead atoms. The Hall–Kier alpha value is -2.63. The third kappa shape index (κ3) is 14.6. The molecular formula is C34H49Cl5N10. The Morgan fingerprint density at radius 2 is 0.939 bits per heavy atom. The number of hydrogen-bond donors (Lipinski definition) is 4. The fraction of sp³-hybridized carbons (Fsp3) is 0.529. The third-order valence-electron chi connectivity index (χ3n) is 8.21. The lowest BCUT2D eigenvalue weighted by molar-refractivity contribution is 0.334. The maximum Gasteiger partial charge on any atom is 0.200 e. The number of halogens is 5. The normalized spacial score (nSPS) is 16.4. The summed E-state index contributed by atoms with van der Waals surface area (Å²) in [7, 11) is 0. The van der Waals surface area contributed by atoms with E-state index in [2.05, 4.69) is 30.4 Å². The van der Waals surface area contributed by atoms with Gasteiger partial charge < -0.3 is 21.3 Å². The molecule has 0 atom stereocenters. The van der Waals surface area contributed by atoms with E-state index in [1.165, 1.54) is 12.8 Å². The summed E-state index contributed by atoms with van der Waals surface area (Å²) in [5.74, 6) is 2.26. The molecule has 0 aliphatic carbocycles. The molecule has 49 heavy (non-hydrogen) atoms. The van der Waals surface area contributed by atoms with Gasteiger partial charge in [0.2, 0.25) is 11.9 Å². The Balaban J connectivity index is 0.00000650. The van der Waals surface area contributed by atoms with Crippen LogP contribution >= 0.6 is 58.8 Å². The van der Waals surface area contributed by atoms with Crippen LogP contribution in [0.15, 0.2) is 56.4 Å². The van der Waals surface area contributed by atoms with Crippen LogP contribution in [0.25, 0.3) is 0 Å². The van der Waals surface area contributed by atoms with Gasteiger partial charge in [-0.05, 0) is 86.8 Å². The van der Waals surface area contributed by atoms with E-state index < -0.39 is 0 Å². The molecule has 0 unspecified atom stereocenters. The van der Waals surface area contributed by atoms with Gasteiger partial charge >= 0.3 is 0 Å². The number of unbranched alkanes of at least 4 members (excludes halogenated alkanes) is 3. The van der Waals surface area contributed by atoms with Crippen molar-refractivity contribution < 1.29 is 0 Å². The molecule has 2 aromatic carbocycles. The first-order chi connectivity index (χ1) is 23.3. The van der Waals surface area contributed by atoms with Gasteiger partial charge in [0.05, 0.1) is 33.2 Å². The van der Waals surface area contributed by atoms with E-state index in [-0.39, 0.29) is 12.4 Å². The molecule has 6 N–H and O–H groups in total. The van der Waals surface area contributed by atoms with Gasteiger partial charge in [0, 0.05) is 39.3 Å². The van der Waals surface area contributed by atoms with Crippen LogP contribution in [0.2, 0.25) is 20.1 Å². The van der Waals surface area contributed by atoms with Gasteiger partial charge in [-0.3, -0.25) is 20.6 Å². The molecule has 2 aliphatic rings. The van der Waals surface area contributed by atoms with Gasteiger partial charge in [0.25, 0.3) is 0 Å². The number of benzene rings is 2. The minimum absolute atomic E-state index is 0. The van der Waals surface area contributed by atoms with Crippen LogP contribution in [0.1, 0.15) is 75.3 Å². The van der Waals surface area contributed by atoms with Crippen molar-refractivity contribution in [1.29, 1.82) is 0 Å². The monoisotopic (exact) mass is 772 g/mol. The second-order valence-corrected chi connectivity index (χ2v) is 13.7. The van der Waals surface area contributed by atoms with Crippen molar-refractivity contribution in [3.63, 3.8) is 0 Å². The molecule has 15 heteroatoms. The largest absolute Gasteiger partial charge is 0.370 e. The first kappa shape index (κ1) is 40.8. The molecule has 2 saturated heterocycles. The fourth-order valence-corrected chi connectivity index (χ4v) is 6.17. The predicted molar refractivity (Wildman–Crippen MR) is 211 cm³/mol. The molecule has 2 aromatic rings. The maximum atomic E-state index is 6.27. The molecule has 2 fully saturated rings. The average molecular weight is 775 g/mol. The zero-order valence-corrected chi connectivity index (χ0v) is 31.8. The van der Waals surface area contributed by atoms with Gasteiger partial charge in [0.1, 0.15) is 0 Å². The first-order valence-corrected chi connectivity index (χ1v) is 18.4. The summed E-state index contributed by atoms with van der Waals surface area (Å²) in [6, 6.07) is 10.9. The molecule has 0 radical (unpaired) electrons. The van der Waals surface area contributed by atoms with Crippen molar-refractivity contribution in [3.05, 3.63) is 67.6 Å². The Labute approximate surface area is 317 Å². The second kappa shape index (κ2) is 22.2. The molecule has 2 aliphatic heterocycles. The Bertz CT molecular complexity index is 1330. The summed E-state index contributed by atoms with van der Waals surface area (Å²) in [6.45, 7) is 6.08. The number of guanidine groups is 4. The summed E-state index contributed by atoms with van der Waals surface area (Å²) in [5.41, 5.74) is 14.4. The second-order valence-electron chi connectivity index (χ2n) is 12.1. The highest BCUT2D eigenvalue weighted by atomic mass is 35.5. The molecule has 270 valence electrons. The third-order valence-corrected chi connectivity index (χ3v) is 9.69. The van der Waals surface area contributed by atoms with Gasteiger partial charge in [-0.2, -0.15) is 0 Å². The average Bonchev–Trinajstić information content (AvgIpc) is 3.10. The summed E-state index contributed by atoms with van der Waals surface area (Å²) in [5, 5.41) is 8.57. The quantitative estimate of drug-likeness (QED) is 0.106. The Morgan fingerprint density at radius 1 is 0.551 bits per heavy atom. The minimum atomic E-state index is 0. The van der Waals surface area contributed by atoms with Crippen molar-refractivity contribution in [2.24, 2.45) is 31.4 Å². The van der Waals surface area contributed by atoms with E-state index in [9.17, 15) is 0 Å². The van der Waals surface area contributed by atoms with Crippen LogP contribution in [-0.4, -0.2) is 72.9 Å². The van der Waals surface area contributed by atoms with Crippen LogP contribution in [0.3, 0.4) is 0 Å². The molecule has 0 amide bonds. The highest BCUT2D eigenvalue weighted by Gasteiger charge is 2.17. The van der Waals surface area contributed by atoms with Gasteiger partial charge in [-0.25, -0.2) is 9.98 Å². The highest BCUT2D eigenvalue weighted by molar-refractivity contribution is 6.42. The lowest BCUT2D eigenvalue weighted by Crippen LogP contribution is -2.49. The van der Waals surface area contributed by atoms with Crippen molar-refractivity contribution >= 4 is 82.6 Å². The molecule has 0 saturated carbocycles. The lowest BCUT2D eigenvalue weighted by Gasteiger charge is -2.30. The smallest absolute Gasteiger partial charge is 0.200 e. The minimum Gasteiger partial charge on any atom is -0.370 e. The number of nitrogens with one attached hydrogen (secondary N) is 2. The van der Waals surface area contributed by atoms with Gasteiger partial charge in [-0.1, -0.05) is 71.4 Å². The van der Waals surface area contributed by atoms with E-state index >= 15 is 0 Å². The summed E-state index contributed by atoms with van der Waals surface area (Å²) in [6.07, 6.45) is 11.1. The number of nitrogens with two attached hydrogens (primary N) is 2. The fourth-order valence-electron chi connectivity index (χ4n) is 5.53. The van der Waals surface area contributed by atoms with E-state index in [0.29, 0.717) is 58.2 Å². The Morgan fingerprint density at radius 3 is 1.31 bits per heavy atom. The van der Waals surface area contributed by atoms with Crippen molar-refractivity contribution in [1.82, 2.24) is 20.4 Å². The number of hydrogen-bond acceptors (Lipinski definition) is 4. The van der Waals surface area contributed by atoms with E-state index in [1.54, 1.807) is 12.1 Å². The van der Waals surface area contributed by atoms with Crippen LogP contribution < -0.4 is 22.1 Å². The van der Waals surface area contributed by atoms with E-state index in [0.717, 1.165) is 101 Å².